The third kappa shape index (κ3) is 3.40. The molecule has 0 aromatic heterocycles. The smallest absolute Gasteiger partial charge is 0.231 e. The highest BCUT2D eigenvalue weighted by atomic mass is 35.5. The lowest BCUT2D eigenvalue weighted by atomic mass is 10.1. The van der Waals surface area contributed by atoms with Gasteiger partial charge in [-0.3, -0.25) is 4.79 Å². The number of nitrogens with two attached hydrogens (primary N) is 1. The molecule has 16 heavy (non-hydrogen) atoms. The first-order chi connectivity index (χ1) is 7.54. The lowest BCUT2D eigenvalue weighted by Gasteiger charge is -2.10. The average molecular weight is 243 g/mol. The maximum Gasteiger partial charge on any atom is 0.231 e. The molecular weight excluding hydrogens is 228 g/mol. The minimum atomic E-state index is -0.378. The number of halogens is 1. The van der Waals surface area contributed by atoms with Gasteiger partial charge in [0.25, 0.3) is 0 Å². The van der Waals surface area contributed by atoms with E-state index in [0.717, 1.165) is 11.1 Å². The zero-order chi connectivity index (χ0) is 12.1. The van der Waals surface area contributed by atoms with E-state index in [4.69, 9.17) is 22.1 Å². The van der Waals surface area contributed by atoms with Gasteiger partial charge in [-0.05, 0) is 30.2 Å². The SMILES string of the molecule is COc1cc(C)c(CNCC(N)=O)cc1Cl. The van der Waals surface area contributed by atoms with Crippen molar-refractivity contribution < 1.29 is 9.53 Å². The van der Waals surface area contributed by atoms with E-state index in [1.54, 1.807) is 7.11 Å². The summed E-state index contributed by atoms with van der Waals surface area (Å²) in [6.07, 6.45) is 0. The maximum atomic E-state index is 10.6. The minimum absolute atomic E-state index is 0.156. The fourth-order valence-corrected chi connectivity index (χ4v) is 1.63. The van der Waals surface area contributed by atoms with Gasteiger partial charge in [-0.15, -0.1) is 0 Å². The van der Waals surface area contributed by atoms with Crippen molar-refractivity contribution in [3.63, 3.8) is 0 Å². The van der Waals surface area contributed by atoms with Crippen LogP contribution in [0.2, 0.25) is 5.02 Å². The summed E-state index contributed by atoms with van der Waals surface area (Å²) in [4.78, 5) is 10.6. The Bertz CT molecular complexity index is 394. The molecular formula is C11H15ClN2O2. The van der Waals surface area contributed by atoms with E-state index >= 15 is 0 Å². The molecule has 0 saturated carbocycles. The van der Waals surface area contributed by atoms with Crippen molar-refractivity contribution in [3.8, 4) is 5.75 Å². The molecule has 4 nitrogen and oxygen atoms in total. The van der Waals surface area contributed by atoms with Gasteiger partial charge in [0.1, 0.15) is 5.75 Å². The van der Waals surface area contributed by atoms with Gasteiger partial charge in [-0.1, -0.05) is 11.6 Å². The van der Waals surface area contributed by atoms with Crippen LogP contribution in [-0.4, -0.2) is 19.6 Å². The van der Waals surface area contributed by atoms with Crippen LogP contribution in [0.5, 0.6) is 5.75 Å². The van der Waals surface area contributed by atoms with Crippen LogP contribution in [0.3, 0.4) is 0 Å². The quantitative estimate of drug-likeness (QED) is 0.816. The third-order valence-electron chi connectivity index (χ3n) is 2.23. The summed E-state index contributed by atoms with van der Waals surface area (Å²) in [7, 11) is 1.58. The van der Waals surface area contributed by atoms with Gasteiger partial charge in [-0.2, -0.15) is 0 Å². The summed E-state index contributed by atoms with van der Waals surface area (Å²) >= 11 is 6.00. The molecule has 0 bridgehead atoms. The van der Waals surface area contributed by atoms with Gasteiger partial charge in [0.2, 0.25) is 5.91 Å². The van der Waals surface area contributed by atoms with Gasteiger partial charge in [0.05, 0.1) is 18.7 Å². The Hall–Kier alpha value is -1.26. The number of methoxy groups -OCH3 is 1. The first-order valence-corrected chi connectivity index (χ1v) is 5.24. The molecule has 1 aromatic carbocycles. The molecule has 88 valence electrons. The molecule has 1 amide bonds. The molecule has 0 aliphatic heterocycles. The Morgan fingerprint density at radius 2 is 2.25 bits per heavy atom. The number of nitrogens with one attached hydrogen (secondary N) is 1. The predicted octanol–water partition coefficient (Wildman–Crippen LogP) is 1.23. The highest BCUT2D eigenvalue weighted by Gasteiger charge is 2.06. The number of benzene rings is 1. The molecule has 0 aliphatic carbocycles. The summed E-state index contributed by atoms with van der Waals surface area (Å²) in [5.41, 5.74) is 7.10. The fraction of sp³-hybridized carbons (Fsp3) is 0.364. The van der Waals surface area contributed by atoms with Crippen molar-refractivity contribution >= 4 is 17.5 Å². The number of hydrogen-bond donors (Lipinski definition) is 2. The maximum absolute atomic E-state index is 10.6. The number of aryl methyl sites for hydroxylation is 1. The van der Waals surface area contributed by atoms with Crippen molar-refractivity contribution in [2.75, 3.05) is 13.7 Å². The van der Waals surface area contributed by atoms with Crippen molar-refractivity contribution in [1.29, 1.82) is 0 Å². The lowest BCUT2D eigenvalue weighted by Crippen LogP contribution is -2.28. The summed E-state index contributed by atoms with van der Waals surface area (Å²) in [6, 6.07) is 3.69. The van der Waals surface area contributed by atoms with Crippen molar-refractivity contribution in [2.45, 2.75) is 13.5 Å². The van der Waals surface area contributed by atoms with Gasteiger partial charge < -0.3 is 15.8 Å². The molecule has 5 heteroatoms. The lowest BCUT2D eigenvalue weighted by molar-refractivity contribution is -0.117. The standard InChI is InChI=1S/C11H15ClN2O2/c1-7-3-10(16-2)9(12)4-8(7)5-14-6-11(13)15/h3-4,14H,5-6H2,1-2H3,(H2,13,15). The van der Waals surface area contributed by atoms with Crippen LogP contribution in [-0.2, 0) is 11.3 Å². The second-order valence-electron chi connectivity index (χ2n) is 3.48. The van der Waals surface area contributed by atoms with Gasteiger partial charge in [0.15, 0.2) is 0 Å². The van der Waals surface area contributed by atoms with Crippen molar-refractivity contribution in [3.05, 3.63) is 28.3 Å². The Balaban J connectivity index is 2.73. The normalized spacial score (nSPS) is 10.2. The van der Waals surface area contributed by atoms with E-state index in [1.165, 1.54) is 0 Å². The number of carbonyl (C=O) groups excluding carboxylic acids is 1. The summed E-state index contributed by atoms with van der Waals surface area (Å²) < 4.78 is 5.10. The Morgan fingerprint density at radius 3 is 2.81 bits per heavy atom. The molecule has 0 heterocycles. The number of hydrogen-bond acceptors (Lipinski definition) is 3. The monoisotopic (exact) mass is 242 g/mol. The van der Waals surface area contributed by atoms with Crippen LogP contribution in [0, 0.1) is 6.92 Å². The van der Waals surface area contributed by atoms with E-state index in [1.807, 2.05) is 19.1 Å². The minimum Gasteiger partial charge on any atom is -0.495 e. The van der Waals surface area contributed by atoms with Gasteiger partial charge in [-0.25, -0.2) is 0 Å². The van der Waals surface area contributed by atoms with E-state index in [-0.39, 0.29) is 12.5 Å². The zero-order valence-electron chi connectivity index (χ0n) is 9.34. The van der Waals surface area contributed by atoms with Crippen LogP contribution < -0.4 is 15.8 Å². The summed E-state index contributed by atoms with van der Waals surface area (Å²) in [6.45, 7) is 2.67. The van der Waals surface area contributed by atoms with Crippen molar-refractivity contribution in [2.24, 2.45) is 5.73 Å². The van der Waals surface area contributed by atoms with Crippen LogP contribution in [0.4, 0.5) is 0 Å². The Morgan fingerprint density at radius 1 is 1.56 bits per heavy atom. The molecule has 0 radical (unpaired) electrons. The highest BCUT2D eigenvalue weighted by Crippen LogP contribution is 2.27. The predicted molar refractivity (Wildman–Crippen MR) is 63.6 cm³/mol. The topological polar surface area (TPSA) is 64.3 Å². The third-order valence-corrected chi connectivity index (χ3v) is 2.52. The number of rotatable bonds is 5. The molecule has 1 aromatic rings. The largest absolute Gasteiger partial charge is 0.495 e. The van der Waals surface area contributed by atoms with Crippen LogP contribution in [0.25, 0.3) is 0 Å². The highest BCUT2D eigenvalue weighted by molar-refractivity contribution is 6.32. The first kappa shape index (κ1) is 12.8. The van der Waals surface area contributed by atoms with Gasteiger partial charge in [0, 0.05) is 6.54 Å². The van der Waals surface area contributed by atoms with Crippen LogP contribution >= 0.6 is 11.6 Å². The molecule has 0 atom stereocenters. The summed E-state index contributed by atoms with van der Waals surface area (Å²) in [5.74, 6) is 0.273. The van der Waals surface area contributed by atoms with E-state index in [9.17, 15) is 4.79 Å². The Labute approximate surface area is 99.7 Å². The average Bonchev–Trinajstić information content (AvgIpc) is 2.22. The second-order valence-corrected chi connectivity index (χ2v) is 3.89. The zero-order valence-corrected chi connectivity index (χ0v) is 10.1. The first-order valence-electron chi connectivity index (χ1n) is 4.86. The van der Waals surface area contributed by atoms with E-state index in [0.29, 0.717) is 17.3 Å². The number of carbonyl (C=O) groups is 1. The molecule has 0 aliphatic rings. The number of amides is 1. The second kappa shape index (κ2) is 5.72. The fourth-order valence-electron chi connectivity index (χ4n) is 1.36. The summed E-state index contributed by atoms with van der Waals surface area (Å²) in [5, 5.41) is 3.49. The number of ether oxygens (including phenoxy) is 1. The molecule has 0 fully saturated rings. The molecule has 0 spiro atoms. The van der Waals surface area contributed by atoms with Crippen LogP contribution in [0.15, 0.2) is 12.1 Å². The molecule has 0 saturated heterocycles. The number of primary amides is 1. The molecule has 1 rings (SSSR count). The molecule has 0 unspecified atom stereocenters. The van der Waals surface area contributed by atoms with E-state index in [2.05, 4.69) is 5.32 Å². The van der Waals surface area contributed by atoms with Crippen LogP contribution in [0.1, 0.15) is 11.1 Å². The van der Waals surface area contributed by atoms with Crippen molar-refractivity contribution in [1.82, 2.24) is 5.32 Å². The van der Waals surface area contributed by atoms with E-state index < -0.39 is 0 Å². The Kier molecular flexibility index (Phi) is 4.58. The van der Waals surface area contributed by atoms with Gasteiger partial charge >= 0.3 is 0 Å². The molecule has 3 N–H and O–H groups in total.